The summed E-state index contributed by atoms with van der Waals surface area (Å²) in [6, 6.07) is 14.6. The number of aliphatic hydroxyl groups excluding tert-OH is 1. The molecule has 1 aliphatic rings. The van der Waals surface area contributed by atoms with E-state index in [2.05, 4.69) is 0 Å². The minimum absolute atomic E-state index is 0.0572. The smallest absolute Gasteiger partial charge is 0.416 e. The highest BCUT2D eigenvalue weighted by molar-refractivity contribution is 6.46. The van der Waals surface area contributed by atoms with Crippen molar-refractivity contribution in [3.8, 4) is 11.5 Å². The van der Waals surface area contributed by atoms with Gasteiger partial charge >= 0.3 is 6.18 Å². The van der Waals surface area contributed by atoms with Gasteiger partial charge in [0.15, 0.2) is 0 Å². The van der Waals surface area contributed by atoms with Crippen LogP contribution >= 0.6 is 11.6 Å². The second kappa shape index (κ2) is 10.2. The molecule has 3 aromatic carbocycles. The Bertz CT molecular complexity index is 1390. The Morgan fingerprint density at radius 2 is 1.65 bits per heavy atom. The van der Waals surface area contributed by atoms with Crippen LogP contribution in [0, 0.1) is 0 Å². The lowest BCUT2D eigenvalue weighted by molar-refractivity contribution is -0.140. The van der Waals surface area contributed by atoms with Crippen molar-refractivity contribution in [2.75, 3.05) is 14.2 Å². The molecule has 10 heteroatoms. The van der Waals surface area contributed by atoms with Crippen LogP contribution in [0.25, 0.3) is 5.76 Å². The minimum Gasteiger partial charge on any atom is -0.507 e. The van der Waals surface area contributed by atoms with Gasteiger partial charge in [0.05, 0.1) is 42.0 Å². The molecule has 3 aromatic rings. The van der Waals surface area contributed by atoms with E-state index >= 15 is 0 Å². The number of carbonyl (C=O) groups excluding carboxylic acids is 2. The maximum absolute atomic E-state index is 13.3. The molecule has 1 heterocycles. The summed E-state index contributed by atoms with van der Waals surface area (Å²) in [6.07, 6.45) is -4.58. The number of alkyl halides is 3. The largest absolute Gasteiger partial charge is 0.507 e. The second-order valence-electron chi connectivity index (χ2n) is 8.22. The molecule has 0 radical (unpaired) electrons. The number of likely N-dealkylation sites (tertiary alicyclic amines) is 1. The normalized spacial score (nSPS) is 17.2. The molecule has 0 aliphatic carbocycles. The van der Waals surface area contributed by atoms with Crippen LogP contribution in [0.4, 0.5) is 13.2 Å². The van der Waals surface area contributed by atoms with Crippen LogP contribution in [0.2, 0.25) is 5.02 Å². The van der Waals surface area contributed by atoms with Gasteiger partial charge in [0, 0.05) is 12.6 Å². The fraction of sp³-hybridized carbons (Fsp3) is 0.185. The zero-order chi connectivity index (χ0) is 26.9. The molecule has 0 saturated carbocycles. The Labute approximate surface area is 215 Å². The first kappa shape index (κ1) is 26.1. The lowest BCUT2D eigenvalue weighted by Crippen LogP contribution is -2.29. The van der Waals surface area contributed by atoms with Crippen LogP contribution in [0.1, 0.15) is 28.3 Å². The van der Waals surface area contributed by atoms with Crippen molar-refractivity contribution in [3.63, 3.8) is 0 Å². The van der Waals surface area contributed by atoms with E-state index in [4.69, 9.17) is 21.1 Å². The highest BCUT2D eigenvalue weighted by atomic mass is 35.5. The highest BCUT2D eigenvalue weighted by Crippen LogP contribution is 2.43. The van der Waals surface area contributed by atoms with Gasteiger partial charge in [-0.25, -0.2) is 0 Å². The van der Waals surface area contributed by atoms with Crippen LogP contribution in [-0.2, 0) is 22.3 Å². The number of aliphatic hydroxyl groups is 1. The summed E-state index contributed by atoms with van der Waals surface area (Å²) in [5.74, 6) is -2.18. The zero-order valence-electron chi connectivity index (χ0n) is 19.7. The molecule has 1 atom stereocenters. The topological polar surface area (TPSA) is 76.1 Å². The number of amides is 1. The van der Waals surface area contributed by atoms with Crippen molar-refractivity contribution >= 4 is 29.1 Å². The van der Waals surface area contributed by atoms with Crippen molar-refractivity contribution in [1.82, 2.24) is 4.90 Å². The first-order chi connectivity index (χ1) is 17.6. The molecule has 37 heavy (non-hydrogen) atoms. The van der Waals surface area contributed by atoms with E-state index in [-0.39, 0.29) is 39.8 Å². The molecule has 0 spiro atoms. The molecule has 4 rings (SSSR count). The van der Waals surface area contributed by atoms with Crippen LogP contribution < -0.4 is 9.47 Å². The van der Waals surface area contributed by atoms with Gasteiger partial charge in [-0.2, -0.15) is 13.2 Å². The molecular weight excluding hydrogens is 511 g/mol. The number of hydrogen-bond donors (Lipinski definition) is 1. The van der Waals surface area contributed by atoms with E-state index < -0.39 is 35.2 Å². The van der Waals surface area contributed by atoms with Crippen LogP contribution in [0.5, 0.6) is 11.5 Å². The molecule has 0 bridgehead atoms. The number of ether oxygens (including phenoxy) is 2. The summed E-state index contributed by atoms with van der Waals surface area (Å²) < 4.78 is 50.4. The number of rotatable bonds is 6. The summed E-state index contributed by atoms with van der Waals surface area (Å²) >= 11 is 6.17. The third-order valence-electron chi connectivity index (χ3n) is 5.99. The van der Waals surface area contributed by atoms with Gasteiger partial charge in [-0.15, -0.1) is 0 Å². The van der Waals surface area contributed by atoms with Gasteiger partial charge in [0.25, 0.3) is 11.7 Å². The molecule has 1 unspecified atom stereocenters. The predicted molar refractivity (Wildman–Crippen MR) is 130 cm³/mol. The van der Waals surface area contributed by atoms with E-state index in [1.165, 1.54) is 38.5 Å². The number of methoxy groups -OCH3 is 2. The molecule has 0 aromatic heterocycles. The van der Waals surface area contributed by atoms with Gasteiger partial charge in [-0.1, -0.05) is 54.1 Å². The van der Waals surface area contributed by atoms with Crippen LogP contribution in [-0.4, -0.2) is 35.9 Å². The average molecular weight is 532 g/mol. The molecule has 1 N–H and O–H groups in total. The monoisotopic (exact) mass is 531 g/mol. The van der Waals surface area contributed by atoms with Crippen molar-refractivity contribution in [1.29, 1.82) is 0 Å². The number of nitrogens with zero attached hydrogens (tertiary/aromatic N) is 1. The molecule has 6 nitrogen and oxygen atoms in total. The lowest BCUT2D eigenvalue weighted by atomic mass is 9.94. The van der Waals surface area contributed by atoms with E-state index in [1.807, 2.05) is 0 Å². The first-order valence-corrected chi connectivity index (χ1v) is 11.4. The molecule has 1 fully saturated rings. The summed E-state index contributed by atoms with van der Waals surface area (Å²) in [5, 5.41) is 11.5. The lowest BCUT2D eigenvalue weighted by Gasteiger charge is -2.26. The Morgan fingerprint density at radius 3 is 2.27 bits per heavy atom. The standard InChI is InChI=1S/C27H21ClF3NO5/c1-36-20-13-19(28)21(37-2)12-18(20)24(33)22-23(16-8-4-3-5-9-16)32(26(35)25(22)34)14-15-7-6-10-17(11-15)27(29,30)31/h3-13,23,33H,14H2,1-2H3/b24-22+. The first-order valence-electron chi connectivity index (χ1n) is 11.0. The Morgan fingerprint density at radius 1 is 0.973 bits per heavy atom. The van der Waals surface area contributed by atoms with Gasteiger partial charge in [0.2, 0.25) is 0 Å². The minimum atomic E-state index is -4.58. The summed E-state index contributed by atoms with van der Waals surface area (Å²) in [7, 11) is 2.71. The van der Waals surface area contributed by atoms with Crippen molar-refractivity contribution in [2.45, 2.75) is 18.8 Å². The molecule has 192 valence electrons. The van der Waals surface area contributed by atoms with Crippen molar-refractivity contribution in [3.05, 3.63) is 99.6 Å². The molecular formula is C27H21ClF3NO5. The summed E-state index contributed by atoms with van der Waals surface area (Å²) in [6.45, 7) is -0.300. The Kier molecular flexibility index (Phi) is 7.18. The third kappa shape index (κ3) is 4.99. The summed E-state index contributed by atoms with van der Waals surface area (Å²) in [5.41, 5.74) is -0.415. The Hall–Kier alpha value is -3.98. The van der Waals surface area contributed by atoms with Crippen LogP contribution in [0.15, 0.2) is 72.3 Å². The second-order valence-corrected chi connectivity index (χ2v) is 8.63. The number of benzene rings is 3. The maximum Gasteiger partial charge on any atom is 0.416 e. The quantitative estimate of drug-likeness (QED) is 0.240. The predicted octanol–water partition coefficient (Wildman–Crippen LogP) is 6.00. The van der Waals surface area contributed by atoms with E-state index in [9.17, 15) is 27.9 Å². The number of ketones is 1. The average Bonchev–Trinajstić information content (AvgIpc) is 3.13. The summed E-state index contributed by atoms with van der Waals surface area (Å²) in [4.78, 5) is 27.6. The number of halogens is 4. The SMILES string of the molecule is COc1cc(/C(O)=C2\C(=O)C(=O)N(Cc3cccc(C(F)(F)F)c3)C2c2ccccc2)c(OC)cc1Cl. The molecule has 1 aliphatic heterocycles. The van der Waals surface area contributed by atoms with E-state index in [1.54, 1.807) is 30.3 Å². The highest BCUT2D eigenvalue weighted by Gasteiger charge is 2.46. The number of hydrogen-bond acceptors (Lipinski definition) is 5. The molecule has 1 saturated heterocycles. The van der Waals surface area contributed by atoms with E-state index in [0.717, 1.165) is 17.0 Å². The molecule has 1 amide bonds. The van der Waals surface area contributed by atoms with Crippen molar-refractivity contribution in [2.24, 2.45) is 0 Å². The van der Waals surface area contributed by atoms with Gasteiger partial charge in [-0.05, 0) is 29.3 Å². The zero-order valence-corrected chi connectivity index (χ0v) is 20.4. The van der Waals surface area contributed by atoms with Crippen LogP contribution in [0.3, 0.4) is 0 Å². The maximum atomic E-state index is 13.3. The number of Topliss-reactive ketones (excluding diaryl/α,β-unsaturated/α-hetero) is 1. The third-order valence-corrected chi connectivity index (χ3v) is 6.29. The Balaban J connectivity index is 1.89. The van der Waals surface area contributed by atoms with Crippen molar-refractivity contribution < 1.29 is 37.3 Å². The fourth-order valence-corrected chi connectivity index (χ4v) is 4.49. The van der Waals surface area contributed by atoms with Gasteiger partial charge in [-0.3, -0.25) is 9.59 Å². The van der Waals surface area contributed by atoms with E-state index in [0.29, 0.717) is 5.56 Å². The fourth-order valence-electron chi connectivity index (χ4n) is 4.26. The number of carbonyl (C=O) groups is 2. The van der Waals surface area contributed by atoms with Gasteiger partial charge < -0.3 is 19.5 Å². The van der Waals surface area contributed by atoms with Gasteiger partial charge in [0.1, 0.15) is 17.3 Å².